The highest BCUT2D eigenvalue weighted by atomic mass is 127. The van der Waals surface area contributed by atoms with Gasteiger partial charge >= 0.3 is 0 Å². The molecule has 4 nitrogen and oxygen atoms in total. The summed E-state index contributed by atoms with van der Waals surface area (Å²) in [4.78, 5) is 4.04. The van der Waals surface area contributed by atoms with Crippen LogP contribution in [-0.2, 0) is 4.84 Å². The van der Waals surface area contributed by atoms with Crippen molar-refractivity contribution >= 4 is 22.6 Å². The molecule has 0 amide bonds. The molecule has 0 unspecified atom stereocenters. The summed E-state index contributed by atoms with van der Waals surface area (Å²) in [6.45, 7) is 0. The van der Waals surface area contributed by atoms with Crippen LogP contribution < -0.4 is 17.4 Å². The molecule has 6 N–H and O–H groups in total. The third-order valence-electron chi connectivity index (χ3n) is 0.362. The molecule has 5 heteroatoms. The van der Waals surface area contributed by atoms with E-state index in [1.165, 1.54) is 0 Å². The van der Waals surface area contributed by atoms with Gasteiger partial charge in [0.15, 0.2) is 0 Å². The Labute approximate surface area is 54.8 Å². The zero-order chi connectivity index (χ0) is 5.86. The first-order valence-corrected chi connectivity index (χ1v) is 2.53. The monoisotopic (exact) mass is 215 g/mol. The summed E-state index contributed by atoms with van der Waals surface area (Å²) in [6.07, 6.45) is 0. The van der Waals surface area contributed by atoms with E-state index in [0.29, 0.717) is 3.70 Å². The Kier molecular flexibility index (Phi) is 2.84. The first-order chi connectivity index (χ1) is 3.18. The van der Waals surface area contributed by atoms with E-state index in [9.17, 15) is 0 Å². The van der Waals surface area contributed by atoms with Gasteiger partial charge in [-0.05, 0) is 22.6 Å². The minimum Gasteiger partial charge on any atom is -0.391 e. The highest BCUT2D eigenvalue weighted by Gasteiger charge is 1.88. The van der Waals surface area contributed by atoms with Crippen LogP contribution in [0.15, 0.2) is 9.59 Å². The number of nitrogens with two attached hydrogens (primary N) is 3. The fraction of sp³-hybridized carbons (Fsp3) is 0. The fourth-order valence-electron chi connectivity index (χ4n) is 0.0563. The summed E-state index contributed by atoms with van der Waals surface area (Å²) in [7, 11) is 0. The highest BCUT2D eigenvalue weighted by molar-refractivity contribution is 14.1. The third kappa shape index (κ3) is 2.52. The lowest BCUT2D eigenvalue weighted by molar-refractivity contribution is 0.216. The van der Waals surface area contributed by atoms with Crippen molar-refractivity contribution in [2.45, 2.75) is 0 Å². The number of rotatable bonds is 1. The first-order valence-electron chi connectivity index (χ1n) is 1.46. The van der Waals surface area contributed by atoms with Gasteiger partial charge in [-0.2, -0.15) is 5.90 Å². The second-order valence-corrected chi connectivity index (χ2v) is 1.99. The number of hydrogen-bond acceptors (Lipinski definition) is 4. The molecule has 0 spiro atoms. The van der Waals surface area contributed by atoms with Crippen LogP contribution in [0.5, 0.6) is 0 Å². The van der Waals surface area contributed by atoms with E-state index in [0.717, 1.165) is 0 Å². The van der Waals surface area contributed by atoms with Crippen LogP contribution in [-0.4, -0.2) is 0 Å². The maximum absolute atomic E-state index is 5.08. The maximum atomic E-state index is 5.08. The lowest BCUT2D eigenvalue weighted by atomic mass is 10.9. The van der Waals surface area contributed by atoms with E-state index >= 15 is 0 Å². The van der Waals surface area contributed by atoms with Gasteiger partial charge in [-0.1, -0.05) is 0 Å². The highest BCUT2D eigenvalue weighted by Crippen LogP contribution is 1.97. The molecule has 0 bridgehead atoms. The first kappa shape index (κ1) is 6.83. The second-order valence-electron chi connectivity index (χ2n) is 0.830. The molecular weight excluding hydrogens is 209 g/mol. The fourth-order valence-corrected chi connectivity index (χ4v) is 0.183. The Balaban J connectivity index is 3.72. The van der Waals surface area contributed by atoms with Crippen LogP contribution >= 0.6 is 22.6 Å². The molecule has 0 heterocycles. The van der Waals surface area contributed by atoms with E-state index in [4.69, 9.17) is 11.5 Å². The molecule has 42 valence electrons. The van der Waals surface area contributed by atoms with E-state index < -0.39 is 0 Å². The van der Waals surface area contributed by atoms with Gasteiger partial charge in [0.25, 0.3) is 0 Å². The molecule has 7 heavy (non-hydrogen) atoms. The standard InChI is InChI=1S/C2H6IN3O/c3-1(4)2(5)7-6/h4-6H2/b2-1-. The van der Waals surface area contributed by atoms with E-state index in [-0.39, 0.29) is 5.88 Å². The average Bonchev–Trinajstić information content (AvgIpc) is 1.65. The summed E-state index contributed by atoms with van der Waals surface area (Å²) in [6, 6.07) is 0. The van der Waals surface area contributed by atoms with Crippen molar-refractivity contribution in [3.63, 3.8) is 0 Å². The molecule has 0 fully saturated rings. The third-order valence-corrected chi connectivity index (χ3v) is 0.894. The SMILES string of the molecule is NO/C(N)=C(\N)I. The minimum absolute atomic E-state index is 0.0561. The number of hydrogen-bond donors (Lipinski definition) is 3. The normalized spacial score (nSPS) is 12.9. The molecule has 0 aliphatic carbocycles. The van der Waals surface area contributed by atoms with E-state index in [1.807, 2.05) is 0 Å². The molecular formula is C2H6IN3O. The van der Waals surface area contributed by atoms with E-state index in [1.54, 1.807) is 22.6 Å². The molecule has 0 radical (unpaired) electrons. The number of halogens is 1. The topological polar surface area (TPSA) is 87.3 Å². The summed E-state index contributed by atoms with van der Waals surface area (Å²) in [5.74, 6) is 4.66. The second kappa shape index (κ2) is 2.92. The molecule has 0 saturated heterocycles. The maximum Gasteiger partial charge on any atom is 0.238 e. The van der Waals surface area contributed by atoms with Crippen LogP contribution in [0.2, 0.25) is 0 Å². The molecule has 0 aromatic carbocycles. The Bertz CT molecular complexity index is 86.9. The van der Waals surface area contributed by atoms with Crippen LogP contribution in [0.25, 0.3) is 0 Å². The smallest absolute Gasteiger partial charge is 0.238 e. The predicted octanol–water partition coefficient (Wildman–Crippen LogP) is -0.644. The van der Waals surface area contributed by atoms with E-state index in [2.05, 4.69) is 10.7 Å². The lowest BCUT2D eigenvalue weighted by Crippen LogP contribution is -2.12. The summed E-state index contributed by atoms with van der Waals surface area (Å²) in [5, 5.41) is 0. The van der Waals surface area contributed by atoms with Crippen LogP contribution in [0.1, 0.15) is 0 Å². The zero-order valence-electron chi connectivity index (χ0n) is 3.52. The summed E-state index contributed by atoms with van der Waals surface area (Å²) in [5.41, 5.74) is 10.1. The Hall–Kier alpha value is -0.170. The van der Waals surface area contributed by atoms with Crippen molar-refractivity contribution in [3.8, 4) is 0 Å². The average molecular weight is 215 g/mol. The van der Waals surface area contributed by atoms with Gasteiger partial charge in [-0.25, -0.2) is 0 Å². The van der Waals surface area contributed by atoms with Gasteiger partial charge in [0, 0.05) is 0 Å². The van der Waals surface area contributed by atoms with Gasteiger partial charge in [-0.3, -0.25) is 0 Å². The van der Waals surface area contributed by atoms with Crippen LogP contribution in [0.3, 0.4) is 0 Å². The van der Waals surface area contributed by atoms with Gasteiger partial charge in [0.05, 0.1) is 0 Å². The molecule has 0 aromatic heterocycles. The lowest BCUT2D eigenvalue weighted by Gasteiger charge is -1.95. The molecule has 0 aromatic rings. The van der Waals surface area contributed by atoms with Gasteiger partial charge < -0.3 is 16.3 Å². The van der Waals surface area contributed by atoms with Crippen molar-refractivity contribution in [1.29, 1.82) is 0 Å². The summed E-state index contributed by atoms with van der Waals surface area (Å²) >= 11 is 1.80. The van der Waals surface area contributed by atoms with Crippen molar-refractivity contribution < 1.29 is 4.84 Å². The van der Waals surface area contributed by atoms with Crippen molar-refractivity contribution in [2.75, 3.05) is 0 Å². The predicted molar refractivity (Wildman–Crippen MR) is 34.7 cm³/mol. The van der Waals surface area contributed by atoms with Gasteiger partial charge in [0.1, 0.15) is 3.70 Å². The van der Waals surface area contributed by atoms with Crippen molar-refractivity contribution in [1.82, 2.24) is 0 Å². The molecule has 0 aliphatic heterocycles. The largest absolute Gasteiger partial charge is 0.391 e. The minimum atomic E-state index is 0.0561. The molecule has 0 aliphatic rings. The van der Waals surface area contributed by atoms with Gasteiger partial charge in [0.2, 0.25) is 5.88 Å². The zero-order valence-corrected chi connectivity index (χ0v) is 5.68. The Morgan fingerprint density at radius 2 is 1.86 bits per heavy atom. The Morgan fingerprint density at radius 1 is 1.43 bits per heavy atom. The van der Waals surface area contributed by atoms with Crippen LogP contribution in [0.4, 0.5) is 0 Å². The molecule has 0 rings (SSSR count). The summed E-state index contributed by atoms with van der Waals surface area (Å²) < 4.78 is 0.361. The van der Waals surface area contributed by atoms with Crippen LogP contribution in [0, 0.1) is 0 Å². The molecule has 0 atom stereocenters. The molecule has 0 saturated carbocycles. The van der Waals surface area contributed by atoms with Gasteiger partial charge in [-0.15, -0.1) is 0 Å². The Morgan fingerprint density at radius 3 is 1.86 bits per heavy atom. The quantitative estimate of drug-likeness (QED) is 0.235. The van der Waals surface area contributed by atoms with Crippen molar-refractivity contribution in [3.05, 3.63) is 9.59 Å². The van der Waals surface area contributed by atoms with Crippen molar-refractivity contribution in [2.24, 2.45) is 17.4 Å².